The summed E-state index contributed by atoms with van der Waals surface area (Å²) in [5.74, 6) is -0.410. The first-order chi connectivity index (χ1) is 16.6. The fraction of sp³-hybridized carbons (Fsp3) is 0.481. The van der Waals surface area contributed by atoms with Crippen LogP contribution in [0.15, 0.2) is 48.8 Å². The second-order valence-corrected chi connectivity index (χ2v) is 10.4. The molecule has 1 spiro atoms. The van der Waals surface area contributed by atoms with Crippen LogP contribution >= 0.6 is 0 Å². The van der Waals surface area contributed by atoms with Gasteiger partial charge in [0.25, 0.3) is 5.91 Å². The van der Waals surface area contributed by atoms with Gasteiger partial charge in [-0.2, -0.15) is 0 Å². The number of nitrogens with zero attached hydrogens (tertiary/aromatic N) is 3. The third kappa shape index (κ3) is 5.22. The van der Waals surface area contributed by atoms with E-state index >= 15 is 0 Å². The first kappa shape index (κ1) is 24.9. The highest BCUT2D eigenvalue weighted by molar-refractivity contribution is 5.98. The molecular weight excluding hydrogens is 444 g/mol. The Labute approximate surface area is 206 Å². The van der Waals surface area contributed by atoms with Crippen molar-refractivity contribution in [2.24, 2.45) is 5.41 Å². The summed E-state index contributed by atoms with van der Waals surface area (Å²) < 4.78 is 6.26. The Balaban J connectivity index is 1.57. The van der Waals surface area contributed by atoms with Gasteiger partial charge in [0, 0.05) is 55.8 Å². The van der Waals surface area contributed by atoms with E-state index in [1.165, 1.54) is 0 Å². The minimum atomic E-state index is -0.922. The smallest absolute Gasteiger partial charge is 0.256 e. The van der Waals surface area contributed by atoms with Gasteiger partial charge in [0.2, 0.25) is 11.8 Å². The number of piperidine rings is 1. The number of amides is 3. The number of carbonyl (C=O) groups is 3. The normalized spacial score (nSPS) is 19.6. The van der Waals surface area contributed by atoms with Gasteiger partial charge in [0.1, 0.15) is 11.8 Å². The summed E-state index contributed by atoms with van der Waals surface area (Å²) in [4.78, 5) is 47.4. The highest BCUT2D eigenvalue weighted by Gasteiger charge is 2.54. The lowest BCUT2D eigenvalue weighted by Gasteiger charge is -2.45. The third-order valence-electron chi connectivity index (χ3n) is 6.74. The number of likely N-dealkylation sites (tertiary alicyclic amines) is 1. The molecule has 0 aliphatic carbocycles. The van der Waals surface area contributed by atoms with E-state index in [0.29, 0.717) is 38.0 Å². The monoisotopic (exact) mass is 478 g/mol. The molecule has 0 saturated carbocycles. The van der Waals surface area contributed by atoms with Gasteiger partial charge in [-0.15, -0.1) is 0 Å². The van der Waals surface area contributed by atoms with Crippen molar-refractivity contribution >= 4 is 17.7 Å². The molecular formula is C27H34N4O4. The number of benzene rings is 1. The van der Waals surface area contributed by atoms with Gasteiger partial charge in [-0.05, 0) is 36.8 Å². The van der Waals surface area contributed by atoms with Gasteiger partial charge in [0.15, 0.2) is 0 Å². The molecule has 4 rings (SSSR count). The van der Waals surface area contributed by atoms with Crippen LogP contribution in [-0.2, 0) is 20.9 Å². The lowest BCUT2D eigenvalue weighted by atomic mass is 9.91. The molecule has 1 atom stereocenters. The second-order valence-electron chi connectivity index (χ2n) is 10.4. The van der Waals surface area contributed by atoms with Crippen molar-refractivity contribution in [2.75, 3.05) is 19.7 Å². The van der Waals surface area contributed by atoms with Gasteiger partial charge >= 0.3 is 0 Å². The van der Waals surface area contributed by atoms with Gasteiger partial charge in [-0.25, -0.2) is 0 Å². The molecule has 1 aromatic heterocycles. The maximum Gasteiger partial charge on any atom is 0.256 e. The molecule has 2 aromatic rings. The molecule has 3 heterocycles. The van der Waals surface area contributed by atoms with Crippen LogP contribution < -0.4 is 5.32 Å². The van der Waals surface area contributed by atoms with E-state index in [2.05, 4.69) is 10.3 Å². The van der Waals surface area contributed by atoms with Crippen molar-refractivity contribution in [2.45, 2.75) is 58.8 Å². The Morgan fingerprint density at radius 2 is 1.80 bits per heavy atom. The van der Waals surface area contributed by atoms with Crippen molar-refractivity contribution in [1.82, 2.24) is 20.1 Å². The highest BCUT2D eigenvalue weighted by atomic mass is 16.5. The van der Waals surface area contributed by atoms with Crippen LogP contribution in [0.1, 0.15) is 55.1 Å². The predicted molar refractivity (Wildman–Crippen MR) is 131 cm³/mol. The Kier molecular flexibility index (Phi) is 6.94. The van der Waals surface area contributed by atoms with E-state index in [9.17, 15) is 14.4 Å². The largest absolute Gasteiger partial charge is 0.353 e. The SMILES string of the molecule is Cc1cccc(C(=O)N2C(C(=O)NCc3ccncc3)COC23CCN(C(=O)C(C)(C)C)CC3)c1. The molecule has 186 valence electrons. The maximum atomic E-state index is 13.8. The molecule has 1 unspecified atom stereocenters. The summed E-state index contributed by atoms with van der Waals surface area (Å²) in [5, 5.41) is 2.95. The fourth-order valence-electron chi connectivity index (χ4n) is 4.83. The molecule has 8 heteroatoms. The Morgan fingerprint density at radius 1 is 1.11 bits per heavy atom. The number of ether oxygens (including phenoxy) is 1. The van der Waals surface area contributed by atoms with Crippen LogP contribution in [0.3, 0.4) is 0 Å². The summed E-state index contributed by atoms with van der Waals surface area (Å²) in [6, 6.07) is 10.3. The van der Waals surface area contributed by atoms with Gasteiger partial charge < -0.3 is 15.0 Å². The molecule has 3 amide bonds. The lowest BCUT2D eigenvalue weighted by molar-refractivity contribution is -0.150. The average molecular weight is 479 g/mol. The minimum absolute atomic E-state index is 0.0774. The van der Waals surface area contributed by atoms with Crippen LogP contribution in [0.2, 0.25) is 0 Å². The molecule has 2 fully saturated rings. The summed E-state index contributed by atoms with van der Waals surface area (Å²) in [6.45, 7) is 9.05. The summed E-state index contributed by atoms with van der Waals surface area (Å²) in [6.07, 6.45) is 4.27. The maximum absolute atomic E-state index is 13.8. The van der Waals surface area contributed by atoms with E-state index in [0.717, 1.165) is 11.1 Å². The van der Waals surface area contributed by atoms with E-state index in [-0.39, 0.29) is 24.3 Å². The van der Waals surface area contributed by atoms with Crippen molar-refractivity contribution in [3.63, 3.8) is 0 Å². The Hall–Kier alpha value is -3.26. The lowest BCUT2D eigenvalue weighted by Crippen LogP contribution is -2.60. The van der Waals surface area contributed by atoms with E-state index in [4.69, 9.17) is 4.74 Å². The predicted octanol–water partition coefficient (Wildman–Crippen LogP) is 2.91. The number of aromatic nitrogens is 1. The van der Waals surface area contributed by atoms with Crippen LogP contribution in [0.4, 0.5) is 0 Å². The molecule has 1 aromatic carbocycles. The van der Waals surface area contributed by atoms with Crippen LogP contribution in [-0.4, -0.2) is 64.0 Å². The summed E-state index contributed by atoms with van der Waals surface area (Å²) in [5.41, 5.74) is 1.01. The minimum Gasteiger partial charge on any atom is -0.353 e. The van der Waals surface area contributed by atoms with Gasteiger partial charge in [-0.1, -0.05) is 38.5 Å². The van der Waals surface area contributed by atoms with Crippen molar-refractivity contribution in [1.29, 1.82) is 0 Å². The fourth-order valence-corrected chi connectivity index (χ4v) is 4.83. The van der Waals surface area contributed by atoms with Crippen LogP contribution in [0.5, 0.6) is 0 Å². The van der Waals surface area contributed by atoms with E-state index in [1.54, 1.807) is 23.4 Å². The molecule has 2 saturated heterocycles. The molecule has 0 radical (unpaired) electrons. The zero-order valence-electron chi connectivity index (χ0n) is 20.9. The van der Waals surface area contributed by atoms with Crippen molar-refractivity contribution in [3.05, 3.63) is 65.5 Å². The zero-order valence-corrected chi connectivity index (χ0v) is 20.9. The van der Waals surface area contributed by atoms with Crippen LogP contribution in [0.25, 0.3) is 0 Å². The molecule has 35 heavy (non-hydrogen) atoms. The topological polar surface area (TPSA) is 91.8 Å². The van der Waals surface area contributed by atoms with E-state index < -0.39 is 17.2 Å². The number of carbonyl (C=O) groups excluding carboxylic acids is 3. The van der Waals surface area contributed by atoms with Crippen molar-refractivity contribution < 1.29 is 19.1 Å². The first-order valence-corrected chi connectivity index (χ1v) is 12.1. The first-order valence-electron chi connectivity index (χ1n) is 12.1. The molecule has 8 nitrogen and oxygen atoms in total. The number of hydrogen-bond donors (Lipinski definition) is 1. The molecule has 1 N–H and O–H groups in total. The molecule has 2 aliphatic rings. The van der Waals surface area contributed by atoms with E-state index in [1.807, 2.05) is 62.9 Å². The molecule has 2 aliphatic heterocycles. The number of aryl methyl sites for hydroxylation is 1. The number of pyridine rings is 1. The van der Waals surface area contributed by atoms with Gasteiger partial charge in [-0.3, -0.25) is 24.3 Å². The number of nitrogens with one attached hydrogen (secondary N) is 1. The Morgan fingerprint density at radius 3 is 2.43 bits per heavy atom. The highest BCUT2D eigenvalue weighted by Crippen LogP contribution is 2.39. The van der Waals surface area contributed by atoms with Gasteiger partial charge in [0.05, 0.1) is 6.61 Å². The Bertz CT molecular complexity index is 1090. The van der Waals surface area contributed by atoms with Crippen LogP contribution in [0, 0.1) is 12.3 Å². The third-order valence-corrected chi connectivity index (χ3v) is 6.74. The quantitative estimate of drug-likeness (QED) is 0.730. The van der Waals surface area contributed by atoms with Crippen molar-refractivity contribution in [3.8, 4) is 0 Å². The number of hydrogen-bond acceptors (Lipinski definition) is 5. The average Bonchev–Trinajstić information content (AvgIpc) is 3.20. The second kappa shape index (κ2) is 9.77. The number of rotatable bonds is 4. The summed E-state index contributed by atoms with van der Waals surface area (Å²) >= 11 is 0. The zero-order chi connectivity index (χ0) is 25.2. The molecule has 0 bridgehead atoms. The standard InChI is InChI=1S/C27H34N4O4/c1-19-6-5-7-21(16-19)24(33)31-22(23(32)29-17-20-8-12-28-13-9-20)18-35-27(31)10-14-30(15-11-27)25(34)26(2,3)4/h5-9,12-13,16,22H,10-11,14-15,17-18H2,1-4H3,(H,29,32). The summed E-state index contributed by atoms with van der Waals surface area (Å²) in [7, 11) is 0.